The number of benzene rings is 3. The van der Waals surface area contributed by atoms with Gasteiger partial charge in [0.25, 0.3) is 0 Å². The van der Waals surface area contributed by atoms with Crippen LogP contribution in [0.4, 0.5) is 15.8 Å². The Morgan fingerprint density at radius 1 is 1.09 bits per heavy atom. The molecule has 0 atom stereocenters. The molecule has 0 radical (unpaired) electrons. The van der Waals surface area contributed by atoms with Gasteiger partial charge in [-0.25, -0.2) is 9.18 Å². The van der Waals surface area contributed by atoms with Crippen molar-refractivity contribution in [2.24, 2.45) is 0 Å². The van der Waals surface area contributed by atoms with Crippen molar-refractivity contribution in [3.05, 3.63) is 88.2 Å². The Morgan fingerprint density at radius 2 is 1.85 bits per heavy atom. The Labute approximate surface area is 196 Å². The first-order valence-electron chi connectivity index (χ1n) is 10.6. The van der Waals surface area contributed by atoms with Crippen LogP contribution in [0.3, 0.4) is 0 Å². The molecule has 1 fully saturated rings. The number of carboxylic acids is 1. The number of carbonyl (C=O) groups is 1. The number of carboxylic acid groups (broad SMARTS) is 1. The molecule has 172 valence electrons. The van der Waals surface area contributed by atoms with Gasteiger partial charge in [0, 0.05) is 35.9 Å². The van der Waals surface area contributed by atoms with Gasteiger partial charge in [0.05, 0.1) is 24.5 Å². The molecule has 0 bridgehead atoms. The number of nitrogens with zero attached hydrogens (tertiary/aromatic N) is 1. The molecular formula is C25H24ClFN2O4. The van der Waals surface area contributed by atoms with E-state index in [1.54, 1.807) is 36.4 Å². The number of halogens is 2. The lowest BCUT2D eigenvalue weighted by molar-refractivity contribution is 0.0696. The van der Waals surface area contributed by atoms with Gasteiger partial charge in [-0.05, 0) is 54.1 Å². The van der Waals surface area contributed by atoms with Crippen LogP contribution in [0.25, 0.3) is 0 Å². The van der Waals surface area contributed by atoms with Crippen LogP contribution in [-0.2, 0) is 17.9 Å². The zero-order valence-corrected chi connectivity index (χ0v) is 18.6. The van der Waals surface area contributed by atoms with Gasteiger partial charge in [0.15, 0.2) is 0 Å². The fourth-order valence-electron chi connectivity index (χ4n) is 3.66. The topological polar surface area (TPSA) is 71.0 Å². The SMILES string of the molecule is O=C(O)c1cc(NCc2cc(Cl)ccc2OCc2ccc(F)cc2)ccc1N1CCOCC1. The summed E-state index contributed by atoms with van der Waals surface area (Å²) in [6.45, 7) is 3.14. The van der Waals surface area contributed by atoms with Crippen LogP contribution < -0.4 is 15.0 Å². The van der Waals surface area contributed by atoms with Gasteiger partial charge in [0.2, 0.25) is 0 Å². The van der Waals surface area contributed by atoms with Crippen LogP contribution >= 0.6 is 11.6 Å². The molecule has 1 saturated heterocycles. The first-order chi connectivity index (χ1) is 16.0. The summed E-state index contributed by atoms with van der Waals surface area (Å²) in [7, 11) is 0. The Morgan fingerprint density at radius 3 is 2.58 bits per heavy atom. The molecule has 0 spiro atoms. The highest BCUT2D eigenvalue weighted by Crippen LogP contribution is 2.28. The maximum atomic E-state index is 13.1. The Hall–Kier alpha value is -3.29. The van der Waals surface area contributed by atoms with E-state index in [0.717, 1.165) is 11.1 Å². The predicted molar refractivity (Wildman–Crippen MR) is 126 cm³/mol. The summed E-state index contributed by atoms with van der Waals surface area (Å²) < 4.78 is 24.4. The van der Waals surface area contributed by atoms with E-state index in [9.17, 15) is 14.3 Å². The maximum absolute atomic E-state index is 13.1. The van der Waals surface area contributed by atoms with Crippen molar-refractivity contribution in [3.63, 3.8) is 0 Å². The monoisotopic (exact) mass is 470 g/mol. The molecule has 33 heavy (non-hydrogen) atoms. The minimum atomic E-state index is -0.980. The van der Waals surface area contributed by atoms with Crippen LogP contribution in [-0.4, -0.2) is 37.4 Å². The molecule has 3 aromatic carbocycles. The molecule has 8 heteroatoms. The number of rotatable bonds is 8. The van der Waals surface area contributed by atoms with Crippen LogP contribution in [0.15, 0.2) is 60.7 Å². The smallest absolute Gasteiger partial charge is 0.337 e. The summed E-state index contributed by atoms with van der Waals surface area (Å²) in [5, 5.41) is 13.6. The molecule has 2 N–H and O–H groups in total. The Balaban J connectivity index is 1.48. The molecule has 3 aromatic rings. The van der Waals surface area contributed by atoms with Crippen molar-refractivity contribution >= 4 is 28.9 Å². The van der Waals surface area contributed by atoms with Gasteiger partial charge in [-0.15, -0.1) is 0 Å². The predicted octanol–water partition coefficient (Wildman–Crippen LogP) is 5.21. The Kier molecular flexibility index (Phi) is 7.32. The quantitative estimate of drug-likeness (QED) is 0.471. The summed E-state index contributed by atoms with van der Waals surface area (Å²) >= 11 is 6.19. The van der Waals surface area contributed by atoms with Crippen LogP contribution in [0.5, 0.6) is 5.75 Å². The fourth-order valence-corrected chi connectivity index (χ4v) is 3.86. The standard InChI is InChI=1S/C25H24ClFN2O4/c26-19-3-8-24(33-16-17-1-4-20(27)5-2-17)18(13-19)15-28-21-6-7-23(22(14-21)25(30)31)29-9-11-32-12-10-29/h1-8,13-14,28H,9-12,15-16H2,(H,30,31). The molecule has 0 saturated carbocycles. The van der Waals surface area contributed by atoms with Gasteiger partial charge in [0.1, 0.15) is 18.2 Å². The summed E-state index contributed by atoms with van der Waals surface area (Å²) in [4.78, 5) is 13.9. The third kappa shape index (κ3) is 5.94. The molecule has 6 nitrogen and oxygen atoms in total. The van der Waals surface area contributed by atoms with Gasteiger partial charge >= 0.3 is 5.97 Å². The van der Waals surface area contributed by atoms with Crippen molar-refractivity contribution in [1.29, 1.82) is 0 Å². The van der Waals surface area contributed by atoms with Crippen LogP contribution in [0, 0.1) is 5.82 Å². The summed E-state index contributed by atoms with van der Waals surface area (Å²) in [6.07, 6.45) is 0. The lowest BCUT2D eigenvalue weighted by Crippen LogP contribution is -2.37. The molecular weight excluding hydrogens is 447 g/mol. The van der Waals surface area contributed by atoms with E-state index in [4.69, 9.17) is 21.1 Å². The van der Waals surface area contributed by atoms with Crippen molar-refractivity contribution in [3.8, 4) is 5.75 Å². The van der Waals surface area contributed by atoms with Crippen molar-refractivity contribution < 1.29 is 23.8 Å². The summed E-state index contributed by atoms with van der Waals surface area (Å²) in [5.41, 5.74) is 3.26. The first-order valence-corrected chi connectivity index (χ1v) is 11.0. The summed E-state index contributed by atoms with van der Waals surface area (Å²) in [5.74, 6) is -0.638. The molecule has 4 rings (SSSR count). The van der Waals surface area contributed by atoms with E-state index in [1.807, 2.05) is 17.0 Å². The number of ether oxygens (including phenoxy) is 2. The second kappa shape index (κ2) is 10.6. The van der Waals surface area contributed by atoms with Gasteiger partial charge < -0.3 is 24.8 Å². The van der Waals surface area contributed by atoms with Crippen molar-refractivity contribution in [1.82, 2.24) is 0 Å². The minimum absolute atomic E-state index is 0.237. The number of morpholine rings is 1. The molecule has 0 aliphatic carbocycles. The number of anilines is 2. The maximum Gasteiger partial charge on any atom is 0.337 e. The van der Waals surface area contributed by atoms with Crippen molar-refractivity contribution in [2.75, 3.05) is 36.5 Å². The van der Waals surface area contributed by atoms with E-state index in [1.165, 1.54) is 12.1 Å². The number of aromatic carboxylic acids is 1. The number of hydrogen-bond donors (Lipinski definition) is 2. The molecule has 0 unspecified atom stereocenters. The second-order valence-electron chi connectivity index (χ2n) is 7.66. The average Bonchev–Trinajstić information content (AvgIpc) is 2.83. The molecule has 0 amide bonds. The van der Waals surface area contributed by atoms with Gasteiger partial charge in [-0.2, -0.15) is 0 Å². The number of hydrogen-bond acceptors (Lipinski definition) is 5. The minimum Gasteiger partial charge on any atom is -0.489 e. The normalized spacial score (nSPS) is 13.6. The highest BCUT2D eigenvalue weighted by molar-refractivity contribution is 6.30. The lowest BCUT2D eigenvalue weighted by Gasteiger charge is -2.30. The van der Waals surface area contributed by atoms with Gasteiger partial charge in [-0.3, -0.25) is 0 Å². The molecule has 1 heterocycles. The average molecular weight is 471 g/mol. The third-order valence-corrected chi connectivity index (χ3v) is 5.63. The van der Waals surface area contributed by atoms with E-state index >= 15 is 0 Å². The molecule has 1 aliphatic heterocycles. The highest BCUT2D eigenvalue weighted by atomic mass is 35.5. The van der Waals surface area contributed by atoms with Crippen LogP contribution in [0.2, 0.25) is 5.02 Å². The van der Waals surface area contributed by atoms with Crippen molar-refractivity contribution in [2.45, 2.75) is 13.2 Å². The second-order valence-corrected chi connectivity index (χ2v) is 8.09. The van der Waals surface area contributed by atoms with E-state index in [-0.39, 0.29) is 18.0 Å². The molecule has 0 aromatic heterocycles. The summed E-state index contributed by atoms with van der Waals surface area (Å²) in [6, 6.07) is 16.8. The highest BCUT2D eigenvalue weighted by Gasteiger charge is 2.19. The van der Waals surface area contributed by atoms with E-state index in [2.05, 4.69) is 5.32 Å². The first kappa shape index (κ1) is 22.9. The zero-order valence-electron chi connectivity index (χ0n) is 17.9. The van der Waals surface area contributed by atoms with Crippen LogP contribution in [0.1, 0.15) is 21.5 Å². The fraction of sp³-hybridized carbons (Fsp3) is 0.240. The largest absolute Gasteiger partial charge is 0.489 e. The zero-order chi connectivity index (χ0) is 23.2. The third-order valence-electron chi connectivity index (χ3n) is 5.39. The lowest BCUT2D eigenvalue weighted by atomic mass is 10.1. The van der Waals surface area contributed by atoms with E-state index < -0.39 is 5.97 Å². The van der Waals surface area contributed by atoms with E-state index in [0.29, 0.717) is 55.0 Å². The van der Waals surface area contributed by atoms with Gasteiger partial charge in [-0.1, -0.05) is 23.7 Å². The Bertz CT molecular complexity index is 1120. The molecule has 1 aliphatic rings. The number of nitrogens with one attached hydrogen (secondary N) is 1.